The Bertz CT molecular complexity index is 445. The molecule has 1 aromatic carbocycles. The van der Waals surface area contributed by atoms with Crippen LogP contribution >= 0.6 is 0 Å². The van der Waals surface area contributed by atoms with Gasteiger partial charge in [-0.05, 0) is 37.3 Å². The third-order valence-electron chi connectivity index (χ3n) is 3.51. The predicted molar refractivity (Wildman–Crippen MR) is 70.2 cm³/mol. The molecule has 0 amide bonds. The standard InChI is InChI=1S/C14H17NO4/c16-13-5-1-11(2-6-13)9-10-19-14-7-3-12(4-8-14)15(17)18/h3-4,7-8,11H,1-2,5-6,9-10H2. The van der Waals surface area contributed by atoms with E-state index >= 15 is 0 Å². The number of hydrogen-bond donors (Lipinski definition) is 0. The number of ketones is 1. The Hall–Kier alpha value is -1.91. The quantitative estimate of drug-likeness (QED) is 0.604. The summed E-state index contributed by atoms with van der Waals surface area (Å²) in [5.41, 5.74) is 0.0677. The van der Waals surface area contributed by atoms with Crippen molar-refractivity contribution in [2.75, 3.05) is 6.61 Å². The van der Waals surface area contributed by atoms with Crippen LogP contribution in [0.4, 0.5) is 5.69 Å². The Kier molecular flexibility index (Phi) is 4.49. The number of ether oxygens (including phenoxy) is 1. The largest absolute Gasteiger partial charge is 0.494 e. The van der Waals surface area contributed by atoms with E-state index in [9.17, 15) is 14.9 Å². The number of nitro benzene ring substituents is 1. The van der Waals surface area contributed by atoms with Crippen LogP contribution in [-0.2, 0) is 4.79 Å². The molecule has 0 N–H and O–H groups in total. The van der Waals surface area contributed by atoms with Gasteiger partial charge in [-0.2, -0.15) is 0 Å². The lowest BCUT2D eigenvalue weighted by Gasteiger charge is -2.20. The minimum atomic E-state index is -0.428. The summed E-state index contributed by atoms with van der Waals surface area (Å²) in [6.07, 6.45) is 4.25. The Morgan fingerprint density at radius 3 is 2.42 bits per heavy atom. The molecule has 1 fully saturated rings. The summed E-state index contributed by atoms with van der Waals surface area (Å²) < 4.78 is 5.56. The highest BCUT2D eigenvalue weighted by Gasteiger charge is 2.18. The first kappa shape index (κ1) is 13.5. The van der Waals surface area contributed by atoms with E-state index < -0.39 is 4.92 Å². The van der Waals surface area contributed by atoms with Crippen molar-refractivity contribution in [1.29, 1.82) is 0 Å². The summed E-state index contributed by atoms with van der Waals surface area (Å²) in [5.74, 6) is 1.58. The van der Waals surface area contributed by atoms with Crippen molar-refractivity contribution in [3.63, 3.8) is 0 Å². The molecule has 1 saturated carbocycles. The SMILES string of the molecule is O=C1CCC(CCOc2ccc([N+](=O)[O-])cc2)CC1. The van der Waals surface area contributed by atoms with E-state index in [4.69, 9.17) is 4.74 Å². The van der Waals surface area contributed by atoms with Crippen molar-refractivity contribution in [2.24, 2.45) is 5.92 Å². The maximum absolute atomic E-state index is 11.1. The van der Waals surface area contributed by atoms with Crippen molar-refractivity contribution < 1.29 is 14.5 Å². The van der Waals surface area contributed by atoms with E-state index in [0.29, 0.717) is 36.9 Å². The fourth-order valence-corrected chi connectivity index (χ4v) is 2.30. The van der Waals surface area contributed by atoms with Crippen LogP contribution in [0.15, 0.2) is 24.3 Å². The minimum Gasteiger partial charge on any atom is -0.494 e. The van der Waals surface area contributed by atoms with E-state index in [1.54, 1.807) is 12.1 Å². The van der Waals surface area contributed by atoms with Crippen LogP contribution in [0.5, 0.6) is 5.75 Å². The first-order chi connectivity index (χ1) is 9.15. The van der Waals surface area contributed by atoms with E-state index in [0.717, 1.165) is 19.3 Å². The highest BCUT2D eigenvalue weighted by atomic mass is 16.6. The van der Waals surface area contributed by atoms with Crippen LogP contribution in [-0.4, -0.2) is 17.3 Å². The van der Waals surface area contributed by atoms with E-state index in [2.05, 4.69) is 0 Å². The number of carbonyl (C=O) groups is 1. The number of nitro groups is 1. The van der Waals surface area contributed by atoms with Gasteiger partial charge in [-0.1, -0.05) is 0 Å². The summed E-state index contributed by atoms with van der Waals surface area (Å²) >= 11 is 0. The summed E-state index contributed by atoms with van der Waals surface area (Å²) in [5, 5.41) is 10.5. The second-order valence-electron chi connectivity index (χ2n) is 4.87. The van der Waals surface area contributed by atoms with Gasteiger partial charge in [0.25, 0.3) is 5.69 Å². The zero-order chi connectivity index (χ0) is 13.7. The monoisotopic (exact) mass is 263 g/mol. The van der Waals surface area contributed by atoms with E-state index in [-0.39, 0.29) is 5.69 Å². The molecule has 0 radical (unpaired) electrons. The van der Waals surface area contributed by atoms with Crippen LogP contribution in [0.1, 0.15) is 32.1 Å². The van der Waals surface area contributed by atoms with Gasteiger partial charge in [-0.3, -0.25) is 14.9 Å². The average Bonchev–Trinajstić information content (AvgIpc) is 2.41. The molecule has 1 aliphatic rings. The third-order valence-corrected chi connectivity index (χ3v) is 3.51. The molecule has 102 valence electrons. The van der Waals surface area contributed by atoms with Gasteiger partial charge in [-0.25, -0.2) is 0 Å². The van der Waals surface area contributed by atoms with Gasteiger partial charge < -0.3 is 4.74 Å². The van der Waals surface area contributed by atoms with Gasteiger partial charge >= 0.3 is 0 Å². The number of rotatable bonds is 5. The molecule has 0 heterocycles. The molecule has 0 aromatic heterocycles. The van der Waals surface area contributed by atoms with Gasteiger partial charge in [-0.15, -0.1) is 0 Å². The highest BCUT2D eigenvalue weighted by Crippen LogP contribution is 2.25. The molecule has 0 aliphatic heterocycles. The molecule has 1 aliphatic carbocycles. The van der Waals surface area contributed by atoms with Crippen LogP contribution < -0.4 is 4.74 Å². The van der Waals surface area contributed by atoms with E-state index in [1.807, 2.05) is 0 Å². The molecule has 0 unspecified atom stereocenters. The molecular formula is C14H17NO4. The maximum atomic E-state index is 11.1. The second kappa shape index (κ2) is 6.31. The van der Waals surface area contributed by atoms with Crippen molar-refractivity contribution in [2.45, 2.75) is 32.1 Å². The Labute approximate surface area is 111 Å². The molecule has 1 aromatic rings. The smallest absolute Gasteiger partial charge is 0.269 e. The molecule has 5 nitrogen and oxygen atoms in total. The molecular weight excluding hydrogens is 246 g/mol. The second-order valence-corrected chi connectivity index (χ2v) is 4.87. The predicted octanol–water partition coefficient (Wildman–Crippen LogP) is 3.12. The molecule has 0 spiro atoms. The van der Waals surface area contributed by atoms with Crippen LogP contribution in [0.25, 0.3) is 0 Å². The van der Waals surface area contributed by atoms with Gasteiger partial charge in [0.15, 0.2) is 0 Å². The fourth-order valence-electron chi connectivity index (χ4n) is 2.30. The van der Waals surface area contributed by atoms with Gasteiger partial charge in [0.1, 0.15) is 11.5 Å². The van der Waals surface area contributed by atoms with Gasteiger partial charge in [0.05, 0.1) is 11.5 Å². The molecule has 5 heteroatoms. The fraction of sp³-hybridized carbons (Fsp3) is 0.500. The van der Waals surface area contributed by atoms with Crippen LogP contribution in [0.3, 0.4) is 0 Å². The average molecular weight is 263 g/mol. The number of benzene rings is 1. The Morgan fingerprint density at radius 1 is 1.21 bits per heavy atom. The van der Waals surface area contributed by atoms with Crippen LogP contribution in [0, 0.1) is 16.0 Å². The summed E-state index contributed by atoms with van der Waals surface area (Å²) in [7, 11) is 0. The zero-order valence-corrected chi connectivity index (χ0v) is 10.7. The normalized spacial score (nSPS) is 16.3. The lowest BCUT2D eigenvalue weighted by molar-refractivity contribution is -0.384. The summed E-state index contributed by atoms with van der Waals surface area (Å²) in [4.78, 5) is 21.2. The maximum Gasteiger partial charge on any atom is 0.269 e. The van der Waals surface area contributed by atoms with Crippen molar-refractivity contribution in [1.82, 2.24) is 0 Å². The van der Waals surface area contributed by atoms with Gasteiger partial charge in [0, 0.05) is 25.0 Å². The Balaban J connectivity index is 1.73. The minimum absolute atomic E-state index is 0.0677. The Morgan fingerprint density at radius 2 is 1.84 bits per heavy atom. The molecule has 19 heavy (non-hydrogen) atoms. The lowest BCUT2D eigenvalue weighted by Crippen LogP contribution is -2.16. The van der Waals surface area contributed by atoms with Crippen molar-refractivity contribution in [3.05, 3.63) is 34.4 Å². The number of carbonyl (C=O) groups excluding carboxylic acids is 1. The number of hydrogen-bond acceptors (Lipinski definition) is 4. The lowest BCUT2D eigenvalue weighted by atomic mass is 9.86. The molecule has 0 bridgehead atoms. The summed E-state index contributed by atoms with van der Waals surface area (Å²) in [6.45, 7) is 0.594. The number of nitrogens with zero attached hydrogens (tertiary/aromatic N) is 1. The summed E-state index contributed by atoms with van der Waals surface area (Å²) in [6, 6.07) is 6.11. The zero-order valence-electron chi connectivity index (χ0n) is 10.7. The topological polar surface area (TPSA) is 69.4 Å². The number of Topliss-reactive ketones (excluding diaryl/α,β-unsaturated/α-hetero) is 1. The molecule has 2 rings (SSSR count). The van der Waals surface area contributed by atoms with E-state index in [1.165, 1.54) is 12.1 Å². The number of non-ortho nitro benzene ring substituents is 1. The first-order valence-corrected chi connectivity index (χ1v) is 6.54. The third kappa shape index (κ3) is 4.05. The highest BCUT2D eigenvalue weighted by molar-refractivity contribution is 5.78. The molecule has 0 saturated heterocycles. The van der Waals surface area contributed by atoms with Crippen molar-refractivity contribution in [3.8, 4) is 5.75 Å². The first-order valence-electron chi connectivity index (χ1n) is 6.54. The van der Waals surface area contributed by atoms with Crippen molar-refractivity contribution >= 4 is 11.5 Å². The van der Waals surface area contributed by atoms with Crippen LogP contribution in [0.2, 0.25) is 0 Å². The molecule has 0 atom stereocenters. The van der Waals surface area contributed by atoms with Gasteiger partial charge in [0.2, 0.25) is 0 Å².